The fraction of sp³-hybridized carbons (Fsp3) is 0. The lowest BCUT2D eigenvalue weighted by Crippen LogP contribution is -1.94. The van der Waals surface area contributed by atoms with E-state index in [-0.39, 0.29) is 11.5 Å². The Labute approximate surface area is 68.7 Å². The van der Waals surface area contributed by atoms with Crippen LogP contribution in [0.15, 0.2) is 24.3 Å². The van der Waals surface area contributed by atoms with Crippen LogP contribution in [-0.4, -0.2) is 12.9 Å². The van der Waals surface area contributed by atoms with Gasteiger partial charge in [0.05, 0.1) is 0 Å². The summed E-state index contributed by atoms with van der Waals surface area (Å²) < 4.78 is 8.76. The van der Waals surface area contributed by atoms with Crippen LogP contribution in [0.4, 0.5) is 0 Å². The molecule has 1 rings (SSSR count). The molecule has 4 heteroatoms. The predicted molar refractivity (Wildman–Crippen MR) is 39.1 cm³/mol. The number of benzene rings is 1. The van der Waals surface area contributed by atoms with E-state index in [1.54, 1.807) is 12.1 Å². The highest BCUT2D eigenvalue weighted by molar-refractivity contribution is 5.55. The first kappa shape index (κ1) is 8.26. The van der Waals surface area contributed by atoms with Crippen LogP contribution in [0.2, 0.25) is 0 Å². The van der Waals surface area contributed by atoms with E-state index >= 15 is 0 Å². The van der Waals surface area contributed by atoms with Crippen LogP contribution in [0.1, 0.15) is 0 Å². The normalized spacial score (nSPS) is 8.67. The Morgan fingerprint density at radius 1 is 0.917 bits per heavy atom. The summed E-state index contributed by atoms with van der Waals surface area (Å²) in [5.74, 6) is 0.270. The molecule has 0 unspecified atom stereocenters. The van der Waals surface area contributed by atoms with Gasteiger partial charge in [-0.3, -0.25) is 0 Å². The number of hydrogen-bond acceptors (Lipinski definition) is 4. The minimum atomic E-state index is 0.135. The molecule has 0 amide bonds. The van der Waals surface area contributed by atoms with Crippen molar-refractivity contribution in [1.82, 2.24) is 0 Å². The summed E-state index contributed by atoms with van der Waals surface area (Å²) in [6.45, 7) is 2.45. The molecule has 0 saturated heterocycles. The van der Waals surface area contributed by atoms with Gasteiger partial charge in [-0.15, -0.1) is 0 Å². The second-order valence-corrected chi connectivity index (χ2v) is 1.82. The third kappa shape index (κ3) is 1.82. The summed E-state index contributed by atoms with van der Waals surface area (Å²) in [5.41, 5.74) is 0. The molecule has 0 aliphatic carbocycles. The summed E-state index contributed by atoms with van der Waals surface area (Å²) in [6.07, 6.45) is 0. The molecular weight excluding hydrogens is 160 g/mol. The lowest BCUT2D eigenvalue weighted by Gasteiger charge is -2.01. The van der Waals surface area contributed by atoms with Gasteiger partial charge in [-0.05, 0) is 12.1 Å². The molecule has 0 atom stereocenters. The number of hydrogen-bond donors (Lipinski definition) is 0. The fourth-order valence-corrected chi connectivity index (χ4v) is 0.709. The van der Waals surface area contributed by atoms with Crippen molar-refractivity contribution in [2.45, 2.75) is 0 Å². The van der Waals surface area contributed by atoms with Gasteiger partial charge in [0, 0.05) is 0 Å². The highest BCUT2D eigenvalue weighted by atomic mass is 16.6. The lowest BCUT2D eigenvalue weighted by atomic mass is 10.3. The molecule has 0 fully saturated rings. The van der Waals surface area contributed by atoms with Crippen LogP contribution in [0.5, 0.6) is 11.5 Å². The first-order valence-corrected chi connectivity index (χ1v) is 3.05. The van der Waals surface area contributed by atoms with Crippen LogP contribution in [0.3, 0.4) is 0 Å². The zero-order valence-electron chi connectivity index (χ0n) is 5.94. The largest absolute Gasteiger partial charge is 0.423 e. The fourth-order valence-electron chi connectivity index (χ4n) is 0.709. The number of rotatable bonds is 4. The molecular formula is C8H4O4. The second kappa shape index (κ2) is 4.12. The number of ether oxygens (including phenoxy) is 2. The Kier molecular flexibility index (Phi) is 2.84. The van der Waals surface area contributed by atoms with Crippen molar-refractivity contribution in [1.29, 1.82) is 0 Å². The highest BCUT2D eigenvalue weighted by Crippen LogP contribution is 2.24. The minimum absolute atomic E-state index is 0.135. The number of carbonyl (C=O) groups excluding carboxylic acids is 2. The van der Waals surface area contributed by atoms with Gasteiger partial charge in [-0.25, -0.2) is 9.59 Å². The van der Waals surface area contributed by atoms with Crippen LogP contribution in [0.25, 0.3) is 0 Å². The molecule has 0 aromatic heterocycles. The van der Waals surface area contributed by atoms with Crippen molar-refractivity contribution in [3.8, 4) is 11.5 Å². The molecule has 12 heavy (non-hydrogen) atoms. The van der Waals surface area contributed by atoms with E-state index in [2.05, 4.69) is 9.47 Å². The molecule has 0 spiro atoms. The maximum absolute atomic E-state index is 9.83. The monoisotopic (exact) mass is 164 g/mol. The quantitative estimate of drug-likeness (QED) is 0.653. The molecule has 4 nitrogen and oxygen atoms in total. The second-order valence-electron chi connectivity index (χ2n) is 1.82. The van der Waals surface area contributed by atoms with Crippen LogP contribution in [-0.2, 0) is 9.59 Å². The first-order valence-electron chi connectivity index (χ1n) is 3.05. The molecule has 0 heterocycles. The van der Waals surface area contributed by atoms with Crippen LogP contribution < -0.4 is 9.47 Å². The van der Waals surface area contributed by atoms with E-state index in [9.17, 15) is 9.59 Å². The molecule has 2 radical (unpaired) electrons. The third-order valence-corrected chi connectivity index (χ3v) is 1.15. The van der Waals surface area contributed by atoms with Gasteiger partial charge in [0.15, 0.2) is 11.5 Å². The van der Waals surface area contributed by atoms with Gasteiger partial charge in [0.2, 0.25) is 0 Å². The van der Waals surface area contributed by atoms with Crippen LogP contribution >= 0.6 is 0 Å². The van der Waals surface area contributed by atoms with E-state index in [4.69, 9.17) is 0 Å². The van der Waals surface area contributed by atoms with E-state index in [1.165, 1.54) is 25.1 Å². The van der Waals surface area contributed by atoms with E-state index in [0.717, 1.165) is 0 Å². The molecule has 0 saturated carbocycles. The van der Waals surface area contributed by atoms with Gasteiger partial charge in [-0.1, -0.05) is 12.1 Å². The highest BCUT2D eigenvalue weighted by Gasteiger charge is 2.03. The van der Waals surface area contributed by atoms with Crippen LogP contribution in [0, 0.1) is 0 Å². The smallest absolute Gasteiger partial charge is 0.414 e. The van der Waals surface area contributed by atoms with Gasteiger partial charge >= 0.3 is 12.9 Å². The van der Waals surface area contributed by atoms with Gasteiger partial charge in [0.25, 0.3) is 0 Å². The summed E-state index contributed by atoms with van der Waals surface area (Å²) in [4.78, 5) is 19.7. The maximum atomic E-state index is 9.83. The lowest BCUT2D eigenvalue weighted by molar-refractivity contribution is 0.406. The SMILES string of the molecule is O=[C]Oc1ccccc1O[C]=O. The Hall–Kier alpha value is -1.84. The van der Waals surface area contributed by atoms with Crippen molar-refractivity contribution in [2.75, 3.05) is 0 Å². The summed E-state index contributed by atoms with van der Waals surface area (Å²) in [6, 6.07) is 6.20. The molecule has 0 aliphatic rings. The maximum Gasteiger partial charge on any atom is 0.423 e. The average molecular weight is 164 g/mol. The Morgan fingerprint density at radius 3 is 1.67 bits per heavy atom. The van der Waals surface area contributed by atoms with E-state index in [1.807, 2.05) is 0 Å². The van der Waals surface area contributed by atoms with Gasteiger partial charge < -0.3 is 9.47 Å². The first-order chi connectivity index (χ1) is 5.88. The average Bonchev–Trinajstić information content (AvgIpc) is 2.09. The van der Waals surface area contributed by atoms with Crippen molar-refractivity contribution in [3.05, 3.63) is 24.3 Å². The van der Waals surface area contributed by atoms with Gasteiger partial charge in [-0.2, -0.15) is 0 Å². The summed E-state index contributed by atoms with van der Waals surface area (Å²) in [5, 5.41) is 0. The molecule has 1 aromatic rings. The van der Waals surface area contributed by atoms with E-state index < -0.39 is 0 Å². The Balaban J connectivity index is 2.90. The van der Waals surface area contributed by atoms with Gasteiger partial charge in [0.1, 0.15) is 0 Å². The topological polar surface area (TPSA) is 52.6 Å². The zero-order chi connectivity index (χ0) is 8.81. The third-order valence-electron chi connectivity index (χ3n) is 1.15. The Morgan fingerprint density at radius 2 is 1.33 bits per heavy atom. The van der Waals surface area contributed by atoms with E-state index in [0.29, 0.717) is 0 Å². The Bertz CT molecular complexity index is 253. The molecule has 1 aromatic carbocycles. The van der Waals surface area contributed by atoms with Crippen molar-refractivity contribution in [3.63, 3.8) is 0 Å². The molecule has 0 aliphatic heterocycles. The zero-order valence-corrected chi connectivity index (χ0v) is 5.94. The molecule has 60 valence electrons. The molecule has 0 N–H and O–H groups in total. The molecule has 0 bridgehead atoms. The number of para-hydroxylation sites is 2. The predicted octanol–water partition coefficient (Wildman–Crippen LogP) is 0.579. The minimum Gasteiger partial charge on any atom is -0.414 e. The van der Waals surface area contributed by atoms with Crippen molar-refractivity contribution < 1.29 is 19.1 Å². The summed E-state index contributed by atoms with van der Waals surface area (Å²) in [7, 11) is 0. The summed E-state index contributed by atoms with van der Waals surface area (Å²) >= 11 is 0. The van der Waals surface area contributed by atoms with Crippen molar-refractivity contribution >= 4 is 12.9 Å². The van der Waals surface area contributed by atoms with Crippen molar-refractivity contribution in [2.24, 2.45) is 0 Å². The standard InChI is InChI=1S/C8H4O4/c9-5-11-7-3-1-2-4-8(7)12-6-10/h1-4H.